The highest BCUT2D eigenvalue weighted by atomic mass is 32.2. The van der Waals surface area contributed by atoms with Crippen LogP contribution in [0.15, 0.2) is 18.2 Å². The van der Waals surface area contributed by atoms with E-state index >= 15 is 0 Å². The van der Waals surface area contributed by atoms with Crippen LogP contribution >= 0.6 is 0 Å². The molecule has 6 heteroatoms. The second-order valence-electron chi connectivity index (χ2n) is 6.44. The van der Waals surface area contributed by atoms with Crippen molar-refractivity contribution in [2.24, 2.45) is 5.92 Å². The highest BCUT2D eigenvalue weighted by molar-refractivity contribution is 7.92. The van der Waals surface area contributed by atoms with Gasteiger partial charge in [0.1, 0.15) is 5.82 Å². The van der Waals surface area contributed by atoms with Crippen molar-refractivity contribution in [2.75, 3.05) is 0 Å². The van der Waals surface area contributed by atoms with Crippen molar-refractivity contribution in [3.63, 3.8) is 0 Å². The van der Waals surface area contributed by atoms with Crippen molar-refractivity contribution >= 4 is 15.6 Å². The Morgan fingerprint density at radius 1 is 1.26 bits per heavy atom. The lowest BCUT2D eigenvalue weighted by Gasteiger charge is -2.38. The van der Waals surface area contributed by atoms with Crippen molar-refractivity contribution in [2.45, 2.75) is 49.0 Å². The van der Waals surface area contributed by atoms with Gasteiger partial charge in [0.25, 0.3) is 0 Å². The van der Waals surface area contributed by atoms with Crippen LogP contribution in [0.1, 0.15) is 48.0 Å². The minimum atomic E-state index is -3.09. The third-order valence-corrected chi connectivity index (χ3v) is 7.76. The van der Waals surface area contributed by atoms with Crippen molar-refractivity contribution in [1.29, 1.82) is 5.26 Å². The molecule has 0 aromatic heterocycles. The summed E-state index contributed by atoms with van der Waals surface area (Å²) in [6, 6.07) is 5.95. The van der Waals surface area contributed by atoms with E-state index in [1.54, 1.807) is 0 Å². The molecular weight excluding hydrogens is 317 g/mol. The van der Waals surface area contributed by atoms with Crippen LogP contribution in [0, 0.1) is 23.1 Å². The van der Waals surface area contributed by atoms with Crippen LogP contribution in [-0.2, 0) is 16.3 Å². The van der Waals surface area contributed by atoms with Gasteiger partial charge in [-0.2, -0.15) is 5.26 Å². The number of ketones is 1. The summed E-state index contributed by atoms with van der Waals surface area (Å²) in [5.41, 5.74) is 0.584. The number of hydrogen-bond donors (Lipinski definition) is 0. The molecular formula is C17H18FNO3S. The Hall–Kier alpha value is -1.74. The average molecular weight is 335 g/mol. The molecule has 0 saturated carbocycles. The third-order valence-electron chi connectivity index (χ3n) is 5.05. The lowest BCUT2D eigenvalue weighted by Crippen LogP contribution is -2.45. The zero-order valence-electron chi connectivity index (χ0n) is 12.7. The molecule has 2 aliphatic heterocycles. The Morgan fingerprint density at radius 2 is 1.91 bits per heavy atom. The van der Waals surface area contributed by atoms with Gasteiger partial charge in [0.05, 0.1) is 23.0 Å². The number of nitrogens with zero attached hydrogens (tertiary/aromatic N) is 1. The largest absolute Gasteiger partial charge is 0.294 e. The van der Waals surface area contributed by atoms with Gasteiger partial charge in [0, 0.05) is 17.0 Å². The first-order valence-electron chi connectivity index (χ1n) is 7.85. The number of sulfone groups is 1. The van der Waals surface area contributed by atoms with Gasteiger partial charge in [0.15, 0.2) is 15.6 Å². The molecule has 2 heterocycles. The maximum absolute atomic E-state index is 13.6. The van der Waals surface area contributed by atoms with E-state index in [2.05, 4.69) is 0 Å². The highest BCUT2D eigenvalue weighted by Gasteiger charge is 2.46. The second kappa shape index (κ2) is 6.04. The molecule has 1 aromatic carbocycles. The van der Waals surface area contributed by atoms with Crippen LogP contribution in [0.3, 0.4) is 0 Å². The van der Waals surface area contributed by atoms with E-state index in [4.69, 9.17) is 5.26 Å². The number of Topliss-reactive ketones (excluding diaryl/α,β-unsaturated/α-hetero) is 1. The molecule has 2 fully saturated rings. The fraction of sp³-hybridized carbons (Fsp3) is 0.529. The molecule has 1 aromatic rings. The lowest BCUT2D eigenvalue weighted by atomic mass is 9.84. The fourth-order valence-corrected chi connectivity index (χ4v) is 6.34. The predicted octanol–water partition coefficient (Wildman–Crippen LogP) is 2.82. The zero-order chi connectivity index (χ0) is 16.6. The van der Waals surface area contributed by atoms with E-state index in [0.717, 1.165) is 6.42 Å². The van der Waals surface area contributed by atoms with E-state index in [9.17, 15) is 17.6 Å². The van der Waals surface area contributed by atoms with E-state index < -0.39 is 26.2 Å². The molecule has 2 aliphatic rings. The third kappa shape index (κ3) is 2.90. The number of carbonyl (C=O) groups is 1. The first-order chi connectivity index (χ1) is 10.9. The second-order valence-corrected chi connectivity index (χ2v) is 8.95. The quantitative estimate of drug-likeness (QED) is 0.796. The standard InChI is InChI=1S/C17H18FNO3S/c18-16-5-4-12(8-11(16)6-7-19)17(20)13-9-14-2-1-3-15(10-13)23(14,21)22/h4-5,8,13-15H,1-3,6,9-10H2. The topological polar surface area (TPSA) is 75.0 Å². The molecule has 0 aliphatic carbocycles. The van der Waals surface area contributed by atoms with Gasteiger partial charge in [0.2, 0.25) is 0 Å². The van der Waals surface area contributed by atoms with Crippen LogP contribution < -0.4 is 0 Å². The molecule has 2 atom stereocenters. The minimum absolute atomic E-state index is 0.0861. The number of hydrogen-bond acceptors (Lipinski definition) is 4. The molecule has 0 radical (unpaired) electrons. The Kier molecular flexibility index (Phi) is 4.24. The summed E-state index contributed by atoms with van der Waals surface area (Å²) in [7, 11) is -3.09. The summed E-state index contributed by atoms with van der Waals surface area (Å²) >= 11 is 0. The van der Waals surface area contributed by atoms with Crippen LogP contribution in [-0.4, -0.2) is 24.7 Å². The number of carbonyl (C=O) groups excluding carboxylic acids is 1. The molecule has 2 saturated heterocycles. The summed E-state index contributed by atoms with van der Waals surface area (Å²) < 4.78 is 38.2. The van der Waals surface area contributed by atoms with Gasteiger partial charge in [-0.1, -0.05) is 6.42 Å². The molecule has 0 N–H and O–H groups in total. The van der Waals surface area contributed by atoms with E-state index in [1.165, 1.54) is 18.2 Å². The number of fused-ring (bicyclic) bond motifs is 2. The summed E-state index contributed by atoms with van der Waals surface area (Å²) in [6.07, 6.45) is 2.80. The summed E-state index contributed by atoms with van der Waals surface area (Å²) in [5.74, 6) is -0.948. The molecule has 23 heavy (non-hydrogen) atoms. The van der Waals surface area contributed by atoms with Gasteiger partial charge < -0.3 is 0 Å². The minimum Gasteiger partial charge on any atom is -0.294 e. The molecule has 122 valence electrons. The first kappa shape index (κ1) is 16.1. The Balaban J connectivity index is 1.85. The first-order valence-corrected chi connectivity index (χ1v) is 9.46. The maximum Gasteiger partial charge on any atom is 0.166 e. The molecule has 3 rings (SSSR count). The number of nitriles is 1. The van der Waals surface area contributed by atoms with Gasteiger partial charge in [-0.15, -0.1) is 0 Å². The smallest absolute Gasteiger partial charge is 0.166 e. The molecule has 4 nitrogen and oxygen atoms in total. The lowest BCUT2D eigenvalue weighted by molar-refractivity contribution is 0.0894. The van der Waals surface area contributed by atoms with E-state index in [-0.39, 0.29) is 23.7 Å². The van der Waals surface area contributed by atoms with Crippen molar-refractivity contribution in [3.8, 4) is 6.07 Å². The van der Waals surface area contributed by atoms with Crippen LogP contribution in [0.4, 0.5) is 4.39 Å². The maximum atomic E-state index is 13.6. The summed E-state index contributed by atoms with van der Waals surface area (Å²) in [6.45, 7) is 0. The Labute approximate surface area is 135 Å². The van der Waals surface area contributed by atoms with E-state index in [0.29, 0.717) is 31.2 Å². The normalized spacial score (nSPS) is 28.8. The van der Waals surface area contributed by atoms with Crippen molar-refractivity contribution in [1.82, 2.24) is 0 Å². The molecule has 2 unspecified atom stereocenters. The number of benzene rings is 1. The monoisotopic (exact) mass is 335 g/mol. The molecule has 0 spiro atoms. The number of halogens is 1. The predicted molar refractivity (Wildman–Crippen MR) is 83.1 cm³/mol. The Bertz CT molecular complexity index is 762. The SMILES string of the molecule is N#CCc1cc(C(=O)C2CC3CCCC(C2)S3(=O)=O)ccc1F. The van der Waals surface area contributed by atoms with Crippen molar-refractivity contribution in [3.05, 3.63) is 35.1 Å². The van der Waals surface area contributed by atoms with E-state index in [1.807, 2.05) is 6.07 Å². The van der Waals surface area contributed by atoms with Gasteiger partial charge in [-0.05, 0) is 43.9 Å². The van der Waals surface area contributed by atoms with Gasteiger partial charge >= 0.3 is 0 Å². The summed E-state index contributed by atoms with van der Waals surface area (Å²) in [5, 5.41) is 7.89. The molecule has 0 amide bonds. The van der Waals surface area contributed by atoms with Crippen LogP contribution in [0.5, 0.6) is 0 Å². The fourth-order valence-electron chi connectivity index (χ4n) is 3.81. The van der Waals surface area contributed by atoms with Crippen LogP contribution in [0.2, 0.25) is 0 Å². The summed E-state index contributed by atoms with van der Waals surface area (Å²) in [4.78, 5) is 12.7. The van der Waals surface area contributed by atoms with Gasteiger partial charge in [-0.3, -0.25) is 4.79 Å². The van der Waals surface area contributed by atoms with Gasteiger partial charge in [-0.25, -0.2) is 12.8 Å². The van der Waals surface area contributed by atoms with Crippen molar-refractivity contribution < 1.29 is 17.6 Å². The Morgan fingerprint density at radius 3 is 2.52 bits per heavy atom. The average Bonchev–Trinajstić information content (AvgIpc) is 2.48. The molecule has 2 bridgehead atoms. The highest BCUT2D eigenvalue weighted by Crippen LogP contribution is 2.40. The number of rotatable bonds is 3. The van der Waals surface area contributed by atoms with Crippen LogP contribution in [0.25, 0.3) is 0 Å². The zero-order valence-corrected chi connectivity index (χ0v) is 13.5.